The predicted molar refractivity (Wildman–Crippen MR) is 67.0 cm³/mol. The van der Waals surface area contributed by atoms with Crippen LogP contribution in [0, 0.1) is 0 Å². The van der Waals surface area contributed by atoms with Gasteiger partial charge in [0.2, 0.25) is 0 Å². The maximum Gasteiger partial charge on any atom is 0.141 e. The van der Waals surface area contributed by atoms with Crippen molar-refractivity contribution in [3.8, 4) is 5.75 Å². The monoisotopic (exact) mass is 223 g/mol. The summed E-state index contributed by atoms with van der Waals surface area (Å²) in [6.07, 6.45) is 2.59. The number of nitrogens with one attached hydrogen (secondary N) is 1. The Hall–Kier alpha value is -0.830. The first kappa shape index (κ1) is 10.7. The van der Waals surface area contributed by atoms with Crippen LogP contribution in [0.2, 0.25) is 0 Å². The first-order chi connectivity index (χ1) is 7.40. The smallest absolute Gasteiger partial charge is 0.141 e. The molecule has 0 spiro atoms. The third-order valence-electron chi connectivity index (χ3n) is 2.63. The molecule has 1 N–H and O–H groups in total. The molecule has 1 heterocycles. The van der Waals surface area contributed by atoms with Gasteiger partial charge in [-0.15, -0.1) is 0 Å². The second-order valence-corrected chi connectivity index (χ2v) is 4.91. The summed E-state index contributed by atoms with van der Waals surface area (Å²) in [5.74, 6) is 3.45. The van der Waals surface area contributed by atoms with Gasteiger partial charge in [0.1, 0.15) is 5.75 Å². The summed E-state index contributed by atoms with van der Waals surface area (Å²) in [4.78, 5) is 0. The molecule has 0 aromatic heterocycles. The molecule has 0 radical (unpaired) electrons. The van der Waals surface area contributed by atoms with Crippen molar-refractivity contribution in [1.29, 1.82) is 0 Å². The van der Waals surface area contributed by atoms with Crippen LogP contribution < -0.4 is 10.1 Å². The average Bonchev–Trinajstić information content (AvgIpc) is 2.31. The highest BCUT2D eigenvalue weighted by atomic mass is 32.2. The molecule has 3 heteroatoms. The first-order valence-corrected chi connectivity index (χ1v) is 6.53. The quantitative estimate of drug-likeness (QED) is 0.851. The molecule has 0 saturated carbocycles. The summed E-state index contributed by atoms with van der Waals surface area (Å²) >= 11 is 2.03. The SMILES string of the molecule is COc1ccccc1N[C@@H]1CCCSC1. The van der Waals surface area contributed by atoms with Crippen molar-refractivity contribution in [3.05, 3.63) is 24.3 Å². The molecule has 0 unspecified atom stereocenters. The molecule has 1 fully saturated rings. The molecule has 2 nitrogen and oxygen atoms in total. The lowest BCUT2D eigenvalue weighted by Gasteiger charge is -2.24. The van der Waals surface area contributed by atoms with Gasteiger partial charge in [-0.25, -0.2) is 0 Å². The number of rotatable bonds is 3. The van der Waals surface area contributed by atoms with Crippen LogP contribution in [0.25, 0.3) is 0 Å². The van der Waals surface area contributed by atoms with Gasteiger partial charge in [-0.05, 0) is 30.7 Å². The molecule has 0 bridgehead atoms. The van der Waals surface area contributed by atoms with E-state index in [-0.39, 0.29) is 0 Å². The van der Waals surface area contributed by atoms with Crippen LogP contribution in [-0.2, 0) is 0 Å². The largest absolute Gasteiger partial charge is 0.495 e. The van der Waals surface area contributed by atoms with E-state index in [2.05, 4.69) is 11.4 Å². The lowest BCUT2D eigenvalue weighted by atomic mass is 10.1. The highest BCUT2D eigenvalue weighted by Gasteiger charge is 2.14. The second kappa shape index (κ2) is 5.31. The molecule has 1 aliphatic rings. The van der Waals surface area contributed by atoms with Crippen molar-refractivity contribution < 1.29 is 4.74 Å². The van der Waals surface area contributed by atoms with Crippen molar-refractivity contribution in [2.24, 2.45) is 0 Å². The fourth-order valence-electron chi connectivity index (χ4n) is 1.84. The van der Waals surface area contributed by atoms with E-state index in [0.717, 1.165) is 11.4 Å². The molecular weight excluding hydrogens is 206 g/mol. The number of anilines is 1. The minimum absolute atomic E-state index is 0.597. The van der Waals surface area contributed by atoms with Crippen molar-refractivity contribution >= 4 is 17.4 Å². The number of methoxy groups -OCH3 is 1. The third-order valence-corrected chi connectivity index (χ3v) is 3.84. The topological polar surface area (TPSA) is 21.3 Å². The Bertz CT molecular complexity index is 310. The third kappa shape index (κ3) is 2.81. The molecule has 0 amide bonds. The molecule has 1 aromatic carbocycles. The van der Waals surface area contributed by atoms with Gasteiger partial charge in [-0.2, -0.15) is 11.8 Å². The molecule has 1 atom stereocenters. The van der Waals surface area contributed by atoms with E-state index < -0.39 is 0 Å². The van der Waals surface area contributed by atoms with Gasteiger partial charge in [0.15, 0.2) is 0 Å². The van der Waals surface area contributed by atoms with Crippen LogP contribution >= 0.6 is 11.8 Å². The Balaban J connectivity index is 2.02. The van der Waals surface area contributed by atoms with Gasteiger partial charge in [0.25, 0.3) is 0 Å². The van der Waals surface area contributed by atoms with E-state index in [4.69, 9.17) is 4.74 Å². The second-order valence-electron chi connectivity index (χ2n) is 3.76. The van der Waals surface area contributed by atoms with E-state index in [1.807, 2.05) is 30.0 Å². The molecule has 82 valence electrons. The highest BCUT2D eigenvalue weighted by molar-refractivity contribution is 7.99. The van der Waals surface area contributed by atoms with Gasteiger partial charge in [0, 0.05) is 11.8 Å². The van der Waals surface area contributed by atoms with Crippen LogP contribution in [0.4, 0.5) is 5.69 Å². The van der Waals surface area contributed by atoms with Crippen LogP contribution in [0.5, 0.6) is 5.75 Å². The minimum Gasteiger partial charge on any atom is -0.495 e. The predicted octanol–water partition coefficient (Wildman–Crippen LogP) is 3.00. The van der Waals surface area contributed by atoms with Crippen LogP contribution in [0.3, 0.4) is 0 Å². The summed E-state index contributed by atoms with van der Waals surface area (Å²) in [7, 11) is 1.72. The molecule has 1 aromatic rings. The lowest BCUT2D eigenvalue weighted by molar-refractivity contribution is 0.416. The maximum atomic E-state index is 5.32. The van der Waals surface area contributed by atoms with E-state index in [1.165, 1.54) is 24.3 Å². The van der Waals surface area contributed by atoms with Crippen LogP contribution in [-0.4, -0.2) is 24.7 Å². The summed E-state index contributed by atoms with van der Waals surface area (Å²) in [5, 5.41) is 3.55. The zero-order valence-electron chi connectivity index (χ0n) is 9.03. The molecule has 0 aliphatic carbocycles. The van der Waals surface area contributed by atoms with E-state index in [0.29, 0.717) is 6.04 Å². The summed E-state index contributed by atoms with van der Waals surface area (Å²) in [6.45, 7) is 0. The lowest BCUT2D eigenvalue weighted by Crippen LogP contribution is -2.25. The number of ether oxygens (including phenoxy) is 1. The Morgan fingerprint density at radius 3 is 3.00 bits per heavy atom. The van der Waals surface area contributed by atoms with Gasteiger partial charge >= 0.3 is 0 Å². The van der Waals surface area contributed by atoms with Crippen molar-refractivity contribution in [1.82, 2.24) is 0 Å². The molecule has 1 aliphatic heterocycles. The summed E-state index contributed by atoms with van der Waals surface area (Å²) in [5.41, 5.74) is 1.12. The Morgan fingerprint density at radius 1 is 1.40 bits per heavy atom. The molecule has 2 rings (SSSR count). The number of hydrogen-bond acceptors (Lipinski definition) is 3. The number of thioether (sulfide) groups is 1. The van der Waals surface area contributed by atoms with Crippen LogP contribution in [0.1, 0.15) is 12.8 Å². The summed E-state index contributed by atoms with van der Waals surface area (Å²) < 4.78 is 5.32. The fourth-order valence-corrected chi connectivity index (χ4v) is 2.91. The van der Waals surface area contributed by atoms with Gasteiger partial charge in [-0.3, -0.25) is 0 Å². The molecule has 1 saturated heterocycles. The zero-order chi connectivity index (χ0) is 10.5. The Morgan fingerprint density at radius 2 is 2.27 bits per heavy atom. The number of hydrogen-bond donors (Lipinski definition) is 1. The van der Waals surface area contributed by atoms with E-state index >= 15 is 0 Å². The van der Waals surface area contributed by atoms with Gasteiger partial charge in [-0.1, -0.05) is 12.1 Å². The van der Waals surface area contributed by atoms with Crippen molar-refractivity contribution in [3.63, 3.8) is 0 Å². The van der Waals surface area contributed by atoms with Crippen LogP contribution in [0.15, 0.2) is 24.3 Å². The summed E-state index contributed by atoms with van der Waals surface area (Å²) in [6, 6.07) is 8.72. The Kier molecular flexibility index (Phi) is 3.78. The average molecular weight is 223 g/mol. The van der Waals surface area contributed by atoms with Gasteiger partial charge in [0.05, 0.1) is 12.8 Å². The standard InChI is InChI=1S/C12H17NOS/c1-14-12-7-3-2-6-11(12)13-10-5-4-8-15-9-10/h2-3,6-7,10,13H,4-5,8-9H2,1H3/t10-/m1/s1. The zero-order valence-corrected chi connectivity index (χ0v) is 9.85. The Labute approximate surface area is 95.4 Å². The van der Waals surface area contributed by atoms with E-state index in [9.17, 15) is 0 Å². The van der Waals surface area contributed by atoms with E-state index in [1.54, 1.807) is 7.11 Å². The number of benzene rings is 1. The fraction of sp³-hybridized carbons (Fsp3) is 0.500. The van der Waals surface area contributed by atoms with Crippen molar-refractivity contribution in [2.75, 3.05) is 23.9 Å². The first-order valence-electron chi connectivity index (χ1n) is 5.37. The molecular formula is C12H17NOS. The minimum atomic E-state index is 0.597. The molecule has 15 heavy (non-hydrogen) atoms. The normalized spacial score (nSPS) is 21.0. The maximum absolute atomic E-state index is 5.32. The van der Waals surface area contributed by atoms with Crippen molar-refractivity contribution in [2.45, 2.75) is 18.9 Å². The van der Waals surface area contributed by atoms with Gasteiger partial charge < -0.3 is 10.1 Å². The number of para-hydroxylation sites is 2. The highest BCUT2D eigenvalue weighted by Crippen LogP contribution is 2.27.